The van der Waals surface area contributed by atoms with Gasteiger partial charge in [-0.25, -0.2) is 0 Å². The molecule has 1 N–H and O–H groups in total. The van der Waals surface area contributed by atoms with Crippen LogP contribution < -0.4 is 0 Å². The maximum Gasteiger partial charge on any atom is 0.317 e. The molecule has 6 nitrogen and oxygen atoms in total. The van der Waals surface area contributed by atoms with E-state index in [1.165, 1.54) is 0 Å². The van der Waals surface area contributed by atoms with Crippen LogP contribution in [-0.4, -0.2) is 70.9 Å². The van der Waals surface area contributed by atoms with Crippen LogP contribution in [-0.2, 0) is 11.3 Å². The van der Waals surface area contributed by atoms with E-state index >= 15 is 0 Å². The number of likely N-dealkylation sites (N-methyl/N-ethyl adjacent to an activating group) is 1. The molecule has 1 aromatic heterocycles. The molecule has 1 aromatic rings. The number of carboxylic acids is 1. The van der Waals surface area contributed by atoms with Gasteiger partial charge in [-0.1, -0.05) is 0 Å². The highest BCUT2D eigenvalue weighted by molar-refractivity contribution is 5.69. The minimum Gasteiger partial charge on any atom is -0.480 e. The number of hydrogen-bond acceptors (Lipinski definition) is 4. The van der Waals surface area contributed by atoms with E-state index < -0.39 is 5.97 Å². The van der Waals surface area contributed by atoms with Crippen molar-refractivity contribution in [2.75, 3.05) is 40.3 Å². The highest BCUT2D eigenvalue weighted by Crippen LogP contribution is 1.93. The molecule has 0 atom stereocenters. The Hall–Kier alpha value is -1.40. The zero-order valence-electron chi connectivity index (χ0n) is 10.4. The van der Waals surface area contributed by atoms with Gasteiger partial charge in [0, 0.05) is 32.0 Å². The summed E-state index contributed by atoms with van der Waals surface area (Å²) in [4.78, 5) is 14.7. The lowest BCUT2D eigenvalue weighted by molar-refractivity contribution is -0.138. The number of aromatic nitrogens is 2. The third-order valence-corrected chi connectivity index (χ3v) is 2.43. The van der Waals surface area contributed by atoms with Gasteiger partial charge in [0.05, 0.1) is 13.1 Å². The van der Waals surface area contributed by atoms with E-state index in [9.17, 15) is 4.79 Å². The minimum atomic E-state index is -0.788. The minimum absolute atomic E-state index is 0.0785. The lowest BCUT2D eigenvalue weighted by atomic mass is 10.4. The number of aliphatic carboxylic acids is 1. The molecule has 0 unspecified atom stereocenters. The predicted octanol–water partition coefficient (Wildman–Crippen LogP) is -0.169. The van der Waals surface area contributed by atoms with Crippen molar-refractivity contribution in [2.45, 2.75) is 6.54 Å². The fourth-order valence-corrected chi connectivity index (χ4v) is 1.48. The topological polar surface area (TPSA) is 61.6 Å². The lowest BCUT2D eigenvalue weighted by Crippen LogP contribution is -2.37. The van der Waals surface area contributed by atoms with Gasteiger partial charge < -0.3 is 10.0 Å². The van der Waals surface area contributed by atoms with E-state index in [4.69, 9.17) is 5.11 Å². The number of rotatable bonds is 8. The van der Waals surface area contributed by atoms with Gasteiger partial charge in [-0.05, 0) is 20.2 Å². The maximum atomic E-state index is 10.7. The smallest absolute Gasteiger partial charge is 0.317 e. The second-order valence-electron chi connectivity index (χ2n) is 4.24. The Morgan fingerprint density at radius 3 is 2.65 bits per heavy atom. The predicted molar refractivity (Wildman–Crippen MR) is 64.9 cm³/mol. The van der Waals surface area contributed by atoms with Crippen LogP contribution in [0.4, 0.5) is 0 Å². The van der Waals surface area contributed by atoms with Crippen LogP contribution in [0.15, 0.2) is 18.5 Å². The molecule has 0 aliphatic rings. The van der Waals surface area contributed by atoms with Crippen LogP contribution in [0.3, 0.4) is 0 Å². The van der Waals surface area contributed by atoms with E-state index in [1.54, 1.807) is 6.20 Å². The summed E-state index contributed by atoms with van der Waals surface area (Å²) in [6.07, 6.45) is 3.60. The van der Waals surface area contributed by atoms with E-state index in [2.05, 4.69) is 5.10 Å². The molecule has 0 fully saturated rings. The van der Waals surface area contributed by atoms with E-state index in [-0.39, 0.29) is 6.54 Å². The molecule has 0 saturated heterocycles. The van der Waals surface area contributed by atoms with Crippen LogP contribution in [0.5, 0.6) is 0 Å². The van der Waals surface area contributed by atoms with Crippen molar-refractivity contribution in [1.29, 1.82) is 0 Å². The fourth-order valence-electron chi connectivity index (χ4n) is 1.48. The standard InChI is InChI=1S/C11H20N4O2/c1-13(2)6-7-14(10-11(16)17)8-9-15-5-3-4-12-15/h3-5H,6-10H2,1-2H3,(H,16,17). The van der Waals surface area contributed by atoms with Crippen LogP contribution in [0.2, 0.25) is 0 Å². The first-order valence-electron chi connectivity index (χ1n) is 5.64. The Balaban J connectivity index is 2.36. The number of carboxylic acid groups (broad SMARTS) is 1. The number of nitrogens with zero attached hydrogens (tertiary/aromatic N) is 4. The van der Waals surface area contributed by atoms with Crippen molar-refractivity contribution >= 4 is 5.97 Å². The Morgan fingerprint density at radius 2 is 2.12 bits per heavy atom. The third-order valence-electron chi connectivity index (χ3n) is 2.43. The van der Waals surface area contributed by atoms with Gasteiger partial charge in [0.25, 0.3) is 0 Å². The van der Waals surface area contributed by atoms with E-state index in [0.717, 1.165) is 13.1 Å². The van der Waals surface area contributed by atoms with Crippen molar-refractivity contribution < 1.29 is 9.90 Å². The third kappa shape index (κ3) is 6.03. The molecule has 0 bridgehead atoms. The van der Waals surface area contributed by atoms with E-state index in [1.807, 2.05) is 40.8 Å². The van der Waals surface area contributed by atoms with Gasteiger partial charge in [-0.15, -0.1) is 0 Å². The Morgan fingerprint density at radius 1 is 1.35 bits per heavy atom. The molecule has 0 saturated carbocycles. The zero-order chi connectivity index (χ0) is 12.7. The quantitative estimate of drug-likeness (QED) is 0.683. The van der Waals surface area contributed by atoms with Gasteiger partial charge in [0.1, 0.15) is 0 Å². The summed E-state index contributed by atoms with van der Waals surface area (Å²) in [6, 6.07) is 1.86. The van der Waals surface area contributed by atoms with Gasteiger partial charge in [-0.3, -0.25) is 14.4 Å². The summed E-state index contributed by atoms with van der Waals surface area (Å²) in [6.45, 7) is 3.09. The van der Waals surface area contributed by atoms with Crippen molar-refractivity contribution in [2.24, 2.45) is 0 Å². The molecule has 0 radical (unpaired) electrons. The average molecular weight is 240 g/mol. The number of carbonyl (C=O) groups is 1. The molecular formula is C11H20N4O2. The first-order valence-corrected chi connectivity index (χ1v) is 5.64. The second-order valence-corrected chi connectivity index (χ2v) is 4.24. The molecule has 0 amide bonds. The van der Waals surface area contributed by atoms with Crippen molar-refractivity contribution in [3.05, 3.63) is 18.5 Å². The van der Waals surface area contributed by atoms with Crippen LogP contribution in [0.25, 0.3) is 0 Å². The Kier molecular flexibility index (Phi) is 5.65. The summed E-state index contributed by atoms with van der Waals surface area (Å²) in [5, 5.41) is 12.9. The van der Waals surface area contributed by atoms with Gasteiger partial charge in [0.15, 0.2) is 0 Å². The molecular weight excluding hydrogens is 220 g/mol. The molecule has 1 rings (SSSR count). The molecule has 0 aliphatic heterocycles. The number of hydrogen-bond donors (Lipinski definition) is 1. The summed E-state index contributed by atoms with van der Waals surface area (Å²) in [5.74, 6) is -0.788. The van der Waals surface area contributed by atoms with Crippen molar-refractivity contribution in [1.82, 2.24) is 19.6 Å². The lowest BCUT2D eigenvalue weighted by Gasteiger charge is -2.22. The van der Waals surface area contributed by atoms with Gasteiger partial charge >= 0.3 is 5.97 Å². The largest absolute Gasteiger partial charge is 0.480 e. The Bertz CT molecular complexity index is 324. The van der Waals surface area contributed by atoms with Crippen molar-refractivity contribution in [3.8, 4) is 0 Å². The van der Waals surface area contributed by atoms with Crippen molar-refractivity contribution in [3.63, 3.8) is 0 Å². The highest BCUT2D eigenvalue weighted by atomic mass is 16.4. The monoisotopic (exact) mass is 240 g/mol. The highest BCUT2D eigenvalue weighted by Gasteiger charge is 2.09. The Labute approximate surface area is 101 Å². The first-order chi connectivity index (χ1) is 8.08. The molecule has 96 valence electrons. The average Bonchev–Trinajstić information content (AvgIpc) is 2.74. The summed E-state index contributed by atoms with van der Waals surface area (Å²) >= 11 is 0. The second kappa shape index (κ2) is 7.03. The van der Waals surface area contributed by atoms with E-state index in [0.29, 0.717) is 13.1 Å². The summed E-state index contributed by atoms with van der Waals surface area (Å²) in [7, 11) is 3.96. The first kappa shape index (κ1) is 13.7. The van der Waals surface area contributed by atoms with Gasteiger partial charge in [-0.2, -0.15) is 5.10 Å². The summed E-state index contributed by atoms with van der Waals surface area (Å²) < 4.78 is 1.81. The molecule has 0 aliphatic carbocycles. The molecule has 0 spiro atoms. The molecule has 1 heterocycles. The van der Waals surface area contributed by atoms with Crippen LogP contribution >= 0.6 is 0 Å². The summed E-state index contributed by atoms with van der Waals surface area (Å²) in [5.41, 5.74) is 0. The maximum absolute atomic E-state index is 10.7. The normalized spacial score (nSPS) is 11.3. The van der Waals surface area contributed by atoms with Gasteiger partial charge in [0.2, 0.25) is 0 Å². The van der Waals surface area contributed by atoms with Crippen LogP contribution in [0, 0.1) is 0 Å². The SMILES string of the molecule is CN(C)CCN(CCn1cccn1)CC(=O)O. The zero-order valence-corrected chi connectivity index (χ0v) is 10.4. The molecule has 6 heteroatoms. The molecule has 0 aromatic carbocycles. The molecule has 17 heavy (non-hydrogen) atoms. The fraction of sp³-hybridized carbons (Fsp3) is 0.636. The van der Waals surface area contributed by atoms with Crippen LogP contribution in [0.1, 0.15) is 0 Å².